The molecule has 0 amide bonds. The van der Waals surface area contributed by atoms with Crippen molar-refractivity contribution < 1.29 is 30.0 Å². The SMILES string of the molecule is O=C1O[C@@H]([C@@H](O)CO)C(O)=C1[O-]. The number of hydrogen-bond acceptors (Lipinski definition) is 6. The molecule has 0 aromatic heterocycles. The molecule has 1 heterocycles. The van der Waals surface area contributed by atoms with E-state index in [1.165, 1.54) is 0 Å². The van der Waals surface area contributed by atoms with Crippen LogP contribution in [0.1, 0.15) is 0 Å². The van der Waals surface area contributed by atoms with Crippen molar-refractivity contribution in [3.05, 3.63) is 11.5 Å². The van der Waals surface area contributed by atoms with Crippen LogP contribution in [0.3, 0.4) is 0 Å². The summed E-state index contributed by atoms with van der Waals surface area (Å²) >= 11 is 0. The minimum absolute atomic E-state index is 0.699. The van der Waals surface area contributed by atoms with Gasteiger partial charge in [-0.25, -0.2) is 4.79 Å². The number of aliphatic hydroxyl groups excluding tert-OH is 3. The Balaban J connectivity index is 2.80. The zero-order valence-electron chi connectivity index (χ0n) is 5.93. The predicted octanol–water partition coefficient (Wildman–Crippen LogP) is -2.61. The van der Waals surface area contributed by atoms with Crippen LogP contribution in [0.15, 0.2) is 11.5 Å². The molecule has 0 aromatic carbocycles. The lowest BCUT2D eigenvalue weighted by Crippen LogP contribution is -2.31. The van der Waals surface area contributed by atoms with E-state index in [-0.39, 0.29) is 0 Å². The van der Waals surface area contributed by atoms with Gasteiger partial charge in [-0.15, -0.1) is 0 Å². The summed E-state index contributed by atoms with van der Waals surface area (Å²) in [7, 11) is 0. The molecule has 3 N–H and O–H groups in total. The molecule has 1 aliphatic heterocycles. The summed E-state index contributed by atoms with van der Waals surface area (Å²) in [5, 5.41) is 36.8. The lowest BCUT2D eigenvalue weighted by molar-refractivity contribution is -0.303. The van der Waals surface area contributed by atoms with Gasteiger partial charge in [0.15, 0.2) is 6.10 Å². The van der Waals surface area contributed by atoms with Gasteiger partial charge in [-0.2, -0.15) is 0 Å². The summed E-state index contributed by atoms with van der Waals surface area (Å²) in [5.74, 6) is -3.25. The monoisotopic (exact) mass is 175 g/mol. The van der Waals surface area contributed by atoms with Crippen molar-refractivity contribution in [1.82, 2.24) is 0 Å². The summed E-state index contributed by atoms with van der Waals surface area (Å²) in [6.07, 6.45) is -2.88. The third-order valence-corrected chi connectivity index (χ3v) is 1.46. The minimum atomic E-state index is -1.46. The van der Waals surface area contributed by atoms with Crippen molar-refractivity contribution in [2.45, 2.75) is 12.2 Å². The van der Waals surface area contributed by atoms with E-state index in [4.69, 9.17) is 15.3 Å². The van der Waals surface area contributed by atoms with Crippen LogP contribution in [0.25, 0.3) is 0 Å². The Labute approximate surface area is 67.3 Å². The Kier molecular flexibility index (Phi) is 2.20. The van der Waals surface area contributed by atoms with E-state index in [1.54, 1.807) is 0 Å². The average molecular weight is 175 g/mol. The van der Waals surface area contributed by atoms with Crippen LogP contribution in [0, 0.1) is 0 Å². The van der Waals surface area contributed by atoms with E-state index in [9.17, 15) is 9.90 Å². The number of aliphatic hydroxyl groups is 3. The molecule has 1 aliphatic rings. The van der Waals surface area contributed by atoms with Crippen LogP contribution in [0.5, 0.6) is 0 Å². The molecule has 0 saturated carbocycles. The molecule has 0 bridgehead atoms. The van der Waals surface area contributed by atoms with Crippen LogP contribution < -0.4 is 5.11 Å². The van der Waals surface area contributed by atoms with Gasteiger partial charge in [-0.3, -0.25) is 0 Å². The van der Waals surface area contributed by atoms with Crippen LogP contribution >= 0.6 is 0 Å². The van der Waals surface area contributed by atoms with Crippen molar-refractivity contribution in [3.63, 3.8) is 0 Å². The highest BCUT2D eigenvalue weighted by Crippen LogP contribution is 2.19. The molecule has 6 heteroatoms. The standard InChI is InChI=1S/C6H8O6/c7-1-2(8)5-3(9)4(10)6(11)12-5/h2,5,7-10H,1H2/p-1/t2-,5-/m0/s1. The van der Waals surface area contributed by atoms with Gasteiger partial charge in [0, 0.05) is 5.76 Å². The lowest BCUT2D eigenvalue weighted by Gasteiger charge is -2.14. The zero-order valence-corrected chi connectivity index (χ0v) is 5.93. The second-order valence-corrected chi connectivity index (χ2v) is 2.29. The van der Waals surface area contributed by atoms with Crippen molar-refractivity contribution in [3.8, 4) is 0 Å². The smallest absolute Gasteiger partial charge is 0.327 e. The molecule has 2 atom stereocenters. The number of ether oxygens (including phenoxy) is 1. The first-order valence-electron chi connectivity index (χ1n) is 3.18. The van der Waals surface area contributed by atoms with Gasteiger partial charge in [0.05, 0.1) is 6.61 Å². The molecule has 68 valence electrons. The topological polar surface area (TPSA) is 110 Å². The first kappa shape index (κ1) is 8.82. The van der Waals surface area contributed by atoms with Gasteiger partial charge in [0.2, 0.25) is 0 Å². The molecule has 0 spiro atoms. The predicted molar refractivity (Wildman–Crippen MR) is 32.6 cm³/mol. The molecule has 0 aromatic rings. The summed E-state index contributed by atoms with van der Waals surface area (Å²) in [5.41, 5.74) is 0. The Morgan fingerprint density at radius 1 is 1.67 bits per heavy atom. The third kappa shape index (κ3) is 1.21. The Morgan fingerprint density at radius 2 is 2.25 bits per heavy atom. The molecule has 0 unspecified atom stereocenters. The molecule has 0 radical (unpaired) electrons. The maximum absolute atomic E-state index is 10.6. The van der Waals surface area contributed by atoms with E-state index >= 15 is 0 Å². The molecular formula is C6H7O6-. The molecule has 12 heavy (non-hydrogen) atoms. The summed E-state index contributed by atoms with van der Waals surface area (Å²) in [6, 6.07) is 0. The third-order valence-electron chi connectivity index (χ3n) is 1.46. The van der Waals surface area contributed by atoms with Gasteiger partial charge in [0.25, 0.3) is 0 Å². The first-order chi connectivity index (χ1) is 5.57. The minimum Gasteiger partial charge on any atom is -0.865 e. The van der Waals surface area contributed by atoms with E-state index in [0.29, 0.717) is 0 Å². The quantitative estimate of drug-likeness (QED) is 0.397. The van der Waals surface area contributed by atoms with Crippen LogP contribution in [0.2, 0.25) is 0 Å². The van der Waals surface area contributed by atoms with E-state index < -0.39 is 36.3 Å². The lowest BCUT2D eigenvalue weighted by atomic mass is 10.2. The summed E-state index contributed by atoms with van der Waals surface area (Å²) in [6.45, 7) is -0.699. The van der Waals surface area contributed by atoms with Crippen LogP contribution in [-0.2, 0) is 9.53 Å². The van der Waals surface area contributed by atoms with Crippen molar-refractivity contribution in [2.24, 2.45) is 0 Å². The number of carbonyl (C=O) groups is 1. The molecule has 0 aliphatic carbocycles. The molecule has 6 nitrogen and oxygen atoms in total. The zero-order chi connectivity index (χ0) is 9.30. The number of cyclic esters (lactones) is 1. The highest BCUT2D eigenvalue weighted by Gasteiger charge is 2.34. The Bertz CT molecular complexity index is 232. The fraction of sp³-hybridized carbons (Fsp3) is 0.500. The molecule has 0 saturated heterocycles. The molecular weight excluding hydrogens is 168 g/mol. The van der Waals surface area contributed by atoms with Gasteiger partial charge in [-0.1, -0.05) is 0 Å². The van der Waals surface area contributed by atoms with Crippen LogP contribution in [0.4, 0.5) is 0 Å². The molecule has 0 fully saturated rings. The normalized spacial score (nSPS) is 25.8. The fourth-order valence-electron chi connectivity index (χ4n) is 0.815. The van der Waals surface area contributed by atoms with E-state index in [2.05, 4.69) is 4.74 Å². The Morgan fingerprint density at radius 3 is 2.58 bits per heavy atom. The second kappa shape index (κ2) is 3.00. The van der Waals surface area contributed by atoms with Gasteiger partial charge >= 0.3 is 5.97 Å². The highest BCUT2D eigenvalue weighted by molar-refractivity contribution is 5.88. The molecule has 1 rings (SSSR count). The number of rotatable bonds is 2. The fourth-order valence-corrected chi connectivity index (χ4v) is 0.815. The van der Waals surface area contributed by atoms with E-state index in [0.717, 1.165) is 0 Å². The van der Waals surface area contributed by atoms with E-state index in [1.807, 2.05) is 0 Å². The number of hydrogen-bond donors (Lipinski definition) is 3. The number of esters is 1. The highest BCUT2D eigenvalue weighted by atomic mass is 16.6. The maximum atomic E-state index is 10.6. The second-order valence-electron chi connectivity index (χ2n) is 2.29. The van der Waals surface area contributed by atoms with Crippen molar-refractivity contribution >= 4 is 5.97 Å². The van der Waals surface area contributed by atoms with Crippen LogP contribution in [-0.4, -0.2) is 40.1 Å². The largest absolute Gasteiger partial charge is 0.865 e. The summed E-state index contributed by atoms with van der Waals surface area (Å²) < 4.78 is 4.25. The van der Waals surface area contributed by atoms with Gasteiger partial charge < -0.3 is 25.2 Å². The first-order valence-corrected chi connectivity index (χ1v) is 3.18. The number of carbonyl (C=O) groups excluding carboxylic acids is 1. The van der Waals surface area contributed by atoms with Gasteiger partial charge in [0.1, 0.15) is 11.9 Å². The average Bonchev–Trinajstić information content (AvgIpc) is 2.32. The summed E-state index contributed by atoms with van der Waals surface area (Å²) in [4.78, 5) is 10.5. The van der Waals surface area contributed by atoms with Crippen molar-refractivity contribution in [1.29, 1.82) is 0 Å². The Hall–Kier alpha value is -1.27. The maximum Gasteiger partial charge on any atom is 0.327 e. The van der Waals surface area contributed by atoms with Crippen molar-refractivity contribution in [2.75, 3.05) is 6.61 Å². The van der Waals surface area contributed by atoms with Gasteiger partial charge in [-0.05, 0) is 0 Å².